The van der Waals surface area contributed by atoms with Gasteiger partial charge in [0.05, 0.1) is 12.3 Å². The zero-order valence-electron chi connectivity index (χ0n) is 11.5. The van der Waals surface area contributed by atoms with Crippen molar-refractivity contribution in [1.82, 2.24) is 9.78 Å². The van der Waals surface area contributed by atoms with E-state index in [9.17, 15) is 0 Å². The first-order chi connectivity index (χ1) is 8.06. The summed E-state index contributed by atoms with van der Waals surface area (Å²) in [6.07, 6.45) is 4.20. The van der Waals surface area contributed by atoms with Crippen LogP contribution in [0.15, 0.2) is 0 Å². The lowest BCUT2D eigenvalue weighted by Gasteiger charge is -2.08. The van der Waals surface area contributed by atoms with Gasteiger partial charge in [0, 0.05) is 7.05 Å². The van der Waals surface area contributed by atoms with Crippen molar-refractivity contribution < 1.29 is 4.74 Å². The van der Waals surface area contributed by atoms with E-state index in [-0.39, 0.29) is 0 Å². The molecule has 0 aliphatic heterocycles. The number of nitrogen functional groups attached to an aromatic ring is 1. The molecule has 0 atom stereocenters. The van der Waals surface area contributed by atoms with E-state index >= 15 is 0 Å². The molecule has 0 unspecified atom stereocenters. The van der Waals surface area contributed by atoms with Gasteiger partial charge in [-0.05, 0) is 25.2 Å². The number of hydrogen-bond donors (Lipinski definition) is 1. The summed E-state index contributed by atoms with van der Waals surface area (Å²) in [5.41, 5.74) is 7.68. The fourth-order valence-corrected chi connectivity index (χ4v) is 1.83. The minimum atomic E-state index is 0.707. The van der Waals surface area contributed by atoms with E-state index < -0.39 is 0 Å². The van der Waals surface area contributed by atoms with E-state index in [1.54, 1.807) is 4.68 Å². The lowest BCUT2D eigenvalue weighted by molar-refractivity contribution is 0.275. The number of ether oxygens (including phenoxy) is 1. The topological polar surface area (TPSA) is 53.1 Å². The van der Waals surface area contributed by atoms with Gasteiger partial charge >= 0.3 is 0 Å². The van der Waals surface area contributed by atoms with Crippen molar-refractivity contribution >= 4 is 5.69 Å². The third-order valence-corrected chi connectivity index (χ3v) is 2.76. The first kappa shape index (κ1) is 13.9. The van der Waals surface area contributed by atoms with Crippen molar-refractivity contribution in [2.45, 2.75) is 46.5 Å². The molecule has 0 amide bonds. The van der Waals surface area contributed by atoms with Crippen LogP contribution in [0.3, 0.4) is 0 Å². The predicted octanol–water partition coefficient (Wildman–Crippen LogP) is 2.77. The molecule has 2 N–H and O–H groups in total. The number of hydrogen-bond acceptors (Lipinski definition) is 3. The van der Waals surface area contributed by atoms with Crippen LogP contribution >= 0.6 is 0 Å². The summed E-state index contributed by atoms with van der Waals surface area (Å²) in [5.74, 6) is 1.44. The van der Waals surface area contributed by atoms with Crippen molar-refractivity contribution in [2.75, 3.05) is 12.3 Å². The minimum Gasteiger partial charge on any atom is -0.476 e. The molecule has 1 aromatic rings. The van der Waals surface area contributed by atoms with Gasteiger partial charge in [-0.3, -0.25) is 0 Å². The molecule has 0 fully saturated rings. The van der Waals surface area contributed by atoms with Gasteiger partial charge < -0.3 is 10.5 Å². The summed E-state index contributed by atoms with van der Waals surface area (Å²) >= 11 is 0. The SMILES string of the molecule is CCCc1nn(C)c(OCCCC(C)C)c1N. The average Bonchev–Trinajstić information content (AvgIpc) is 2.51. The van der Waals surface area contributed by atoms with Crippen LogP contribution in [0.2, 0.25) is 0 Å². The molecular formula is C13H25N3O. The van der Waals surface area contributed by atoms with Gasteiger partial charge in [-0.2, -0.15) is 5.10 Å². The Morgan fingerprint density at radius 2 is 2.12 bits per heavy atom. The molecule has 0 spiro atoms. The summed E-state index contributed by atoms with van der Waals surface area (Å²) in [7, 11) is 1.88. The third-order valence-electron chi connectivity index (χ3n) is 2.76. The Morgan fingerprint density at radius 1 is 1.41 bits per heavy atom. The summed E-state index contributed by atoms with van der Waals surface area (Å²) in [6, 6.07) is 0. The highest BCUT2D eigenvalue weighted by Gasteiger charge is 2.13. The summed E-state index contributed by atoms with van der Waals surface area (Å²) in [4.78, 5) is 0. The largest absolute Gasteiger partial charge is 0.476 e. The van der Waals surface area contributed by atoms with Gasteiger partial charge in [0.15, 0.2) is 0 Å². The fraction of sp³-hybridized carbons (Fsp3) is 0.769. The maximum absolute atomic E-state index is 6.02. The van der Waals surface area contributed by atoms with Gasteiger partial charge in [-0.1, -0.05) is 27.2 Å². The zero-order valence-corrected chi connectivity index (χ0v) is 11.5. The number of aromatic nitrogens is 2. The second-order valence-electron chi connectivity index (χ2n) is 4.92. The van der Waals surface area contributed by atoms with E-state index in [1.807, 2.05) is 7.05 Å². The van der Waals surface area contributed by atoms with Crippen LogP contribution in [-0.2, 0) is 13.5 Å². The molecule has 0 aromatic carbocycles. The van der Waals surface area contributed by atoms with Crippen LogP contribution in [0.4, 0.5) is 5.69 Å². The molecule has 4 nitrogen and oxygen atoms in total. The molecule has 0 aliphatic rings. The highest BCUT2D eigenvalue weighted by molar-refractivity contribution is 5.53. The molecule has 1 heterocycles. The van der Waals surface area contributed by atoms with Crippen molar-refractivity contribution in [1.29, 1.82) is 0 Å². The van der Waals surface area contributed by atoms with E-state index in [0.717, 1.165) is 36.8 Å². The average molecular weight is 239 g/mol. The second kappa shape index (κ2) is 6.52. The smallest absolute Gasteiger partial charge is 0.235 e. The van der Waals surface area contributed by atoms with Gasteiger partial charge in [-0.15, -0.1) is 0 Å². The molecule has 1 aromatic heterocycles. The predicted molar refractivity (Wildman–Crippen MR) is 71.2 cm³/mol. The maximum atomic E-state index is 6.02. The Kier molecular flexibility index (Phi) is 5.32. The van der Waals surface area contributed by atoms with Crippen molar-refractivity contribution in [2.24, 2.45) is 13.0 Å². The van der Waals surface area contributed by atoms with E-state index in [2.05, 4.69) is 25.9 Å². The highest BCUT2D eigenvalue weighted by Crippen LogP contribution is 2.25. The summed E-state index contributed by atoms with van der Waals surface area (Å²) < 4.78 is 7.47. The molecule has 17 heavy (non-hydrogen) atoms. The van der Waals surface area contributed by atoms with Crippen LogP contribution in [0.25, 0.3) is 0 Å². The normalized spacial score (nSPS) is 11.1. The first-order valence-electron chi connectivity index (χ1n) is 6.50. The quantitative estimate of drug-likeness (QED) is 0.744. The van der Waals surface area contributed by atoms with Crippen LogP contribution in [-0.4, -0.2) is 16.4 Å². The molecule has 0 bridgehead atoms. The van der Waals surface area contributed by atoms with Gasteiger partial charge in [0.1, 0.15) is 5.69 Å². The second-order valence-corrected chi connectivity index (χ2v) is 4.92. The summed E-state index contributed by atoms with van der Waals surface area (Å²) in [6.45, 7) is 7.28. The van der Waals surface area contributed by atoms with Crippen molar-refractivity contribution in [3.05, 3.63) is 5.69 Å². The molecular weight excluding hydrogens is 214 g/mol. The van der Waals surface area contributed by atoms with Gasteiger partial charge in [-0.25, -0.2) is 4.68 Å². The molecule has 0 radical (unpaired) electrons. The van der Waals surface area contributed by atoms with E-state index in [0.29, 0.717) is 12.3 Å². The Morgan fingerprint density at radius 3 is 2.71 bits per heavy atom. The lowest BCUT2D eigenvalue weighted by Crippen LogP contribution is -2.05. The molecule has 98 valence electrons. The molecule has 4 heteroatoms. The number of nitrogens with two attached hydrogens (primary N) is 1. The Bertz CT molecular complexity index is 345. The van der Waals surface area contributed by atoms with Gasteiger partial charge in [0.25, 0.3) is 0 Å². The van der Waals surface area contributed by atoms with Crippen molar-refractivity contribution in [3.63, 3.8) is 0 Å². The maximum Gasteiger partial charge on any atom is 0.235 e. The molecule has 0 saturated heterocycles. The van der Waals surface area contributed by atoms with Gasteiger partial charge in [0.2, 0.25) is 5.88 Å². The number of anilines is 1. The Labute approximate surface area is 104 Å². The monoisotopic (exact) mass is 239 g/mol. The van der Waals surface area contributed by atoms with E-state index in [1.165, 1.54) is 6.42 Å². The third kappa shape index (κ3) is 3.95. The van der Waals surface area contributed by atoms with Crippen molar-refractivity contribution in [3.8, 4) is 5.88 Å². The number of nitrogens with zero attached hydrogens (tertiary/aromatic N) is 2. The van der Waals surface area contributed by atoms with Crippen LogP contribution in [0, 0.1) is 5.92 Å². The number of aryl methyl sites for hydroxylation is 2. The molecule has 0 saturated carbocycles. The lowest BCUT2D eigenvalue weighted by atomic mass is 10.1. The zero-order chi connectivity index (χ0) is 12.8. The van der Waals surface area contributed by atoms with Crippen LogP contribution in [0.1, 0.15) is 45.7 Å². The first-order valence-corrected chi connectivity index (χ1v) is 6.50. The standard InChI is InChI=1S/C13H25N3O/c1-5-7-11-12(14)13(16(4)15-11)17-9-6-8-10(2)3/h10H,5-9,14H2,1-4H3. The highest BCUT2D eigenvalue weighted by atomic mass is 16.5. The minimum absolute atomic E-state index is 0.707. The van der Waals surface area contributed by atoms with E-state index in [4.69, 9.17) is 10.5 Å². The Hall–Kier alpha value is -1.19. The van der Waals surface area contributed by atoms with Crippen LogP contribution in [0.5, 0.6) is 5.88 Å². The van der Waals surface area contributed by atoms with Crippen LogP contribution < -0.4 is 10.5 Å². The summed E-state index contributed by atoms with van der Waals surface area (Å²) in [5, 5.41) is 4.38. The molecule has 1 rings (SSSR count). The number of rotatable bonds is 7. The molecule has 0 aliphatic carbocycles. The fourth-order valence-electron chi connectivity index (χ4n) is 1.83. The Balaban J connectivity index is 2.52.